The van der Waals surface area contributed by atoms with Crippen molar-refractivity contribution in [1.82, 2.24) is 0 Å². The molecule has 0 rings (SSSR count). The van der Waals surface area contributed by atoms with E-state index in [1.807, 2.05) is 0 Å². The van der Waals surface area contributed by atoms with Crippen LogP contribution in [0.1, 0.15) is 0 Å². The SMILES string of the molecule is Cl.[NH2][Pt]([NH2])([NH2])([NH2])([NH2])[Cl]. The van der Waals surface area contributed by atoms with Gasteiger partial charge in [0.2, 0.25) is 0 Å². The summed E-state index contributed by atoms with van der Waals surface area (Å²) in [7, 11) is 5.11. The third-order valence-corrected chi connectivity index (χ3v) is 0. The maximum atomic E-state index is 5.11. The van der Waals surface area contributed by atoms with Gasteiger partial charge in [-0.15, -0.1) is 12.4 Å². The van der Waals surface area contributed by atoms with Gasteiger partial charge in [-0.3, -0.25) is 0 Å². The number of rotatable bonds is 0. The van der Waals surface area contributed by atoms with Gasteiger partial charge in [-0.1, -0.05) is 0 Å². The third-order valence-electron chi connectivity index (χ3n) is 0. The van der Waals surface area contributed by atoms with Crippen LogP contribution in [-0.2, 0) is 13.8 Å². The van der Waals surface area contributed by atoms with Crippen LogP contribution in [0.3, 0.4) is 0 Å². The zero-order valence-electron chi connectivity index (χ0n) is 3.99. The topological polar surface area (TPSA) is 130 Å². The standard InChI is InChI=1S/2ClH.5H2N.Pt/h2*1H;5*1H2;/q;;5*-1;+6/p-1. The Kier molecular flexibility index (Phi) is 2.31. The molecule has 0 aromatic rings. The van der Waals surface area contributed by atoms with Crippen molar-refractivity contribution in [2.45, 2.75) is 0 Å². The molecule has 0 spiro atoms. The molecular formula is H11Cl2N5Pt. The van der Waals surface area contributed by atoms with Gasteiger partial charge in [0.15, 0.2) is 0 Å². The molecule has 0 fully saturated rings. The summed E-state index contributed by atoms with van der Waals surface area (Å²) in [6, 6.07) is 0. The second kappa shape index (κ2) is 1.56. The van der Waals surface area contributed by atoms with Crippen LogP contribution in [0.4, 0.5) is 0 Å². The third kappa shape index (κ3) is 228. The van der Waals surface area contributed by atoms with Gasteiger partial charge < -0.3 is 0 Å². The molecule has 0 heterocycles. The van der Waals surface area contributed by atoms with E-state index < -0.39 is 13.8 Å². The van der Waals surface area contributed by atoms with E-state index in [2.05, 4.69) is 0 Å². The Labute approximate surface area is 57.2 Å². The van der Waals surface area contributed by atoms with Gasteiger partial charge in [-0.05, 0) is 0 Å². The Bertz CT molecular complexity index is 69.0. The van der Waals surface area contributed by atoms with Crippen molar-refractivity contribution in [3.05, 3.63) is 0 Å². The summed E-state index contributed by atoms with van der Waals surface area (Å²) in [6.07, 6.45) is 0. The fourth-order valence-electron chi connectivity index (χ4n) is 0. The number of nitrogens with two attached hydrogens (primary N) is 5. The zero-order chi connectivity index (χ0) is 6.41. The second-order valence-corrected chi connectivity index (χ2v) is 17.1. The summed E-state index contributed by atoms with van der Waals surface area (Å²) in [5.74, 6) is 0. The van der Waals surface area contributed by atoms with Crippen molar-refractivity contribution in [2.24, 2.45) is 21.5 Å². The second-order valence-electron chi connectivity index (χ2n) is 1.40. The summed E-state index contributed by atoms with van der Waals surface area (Å²) in [4.78, 5) is 0. The van der Waals surface area contributed by atoms with Gasteiger partial charge in [-0.25, -0.2) is 0 Å². The van der Waals surface area contributed by atoms with Crippen molar-refractivity contribution in [2.75, 3.05) is 0 Å². The fraction of sp³-hybridized carbons (Fsp3) is 0. The van der Waals surface area contributed by atoms with Gasteiger partial charge in [0, 0.05) is 0 Å². The molecule has 10 N–H and O–H groups in total. The Morgan fingerprint density at radius 3 is 0.875 bits per heavy atom. The van der Waals surface area contributed by atoms with E-state index in [4.69, 9.17) is 30.9 Å². The maximum absolute atomic E-state index is 5.15. The minimum atomic E-state index is -5.15. The van der Waals surface area contributed by atoms with Crippen LogP contribution in [-0.4, -0.2) is 0 Å². The molecule has 0 aliphatic carbocycles. The Morgan fingerprint density at radius 2 is 0.875 bits per heavy atom. The van der Waals surface area contributed by atoms with Crippen LogP contribution in [0.25, 0.3) is 0 Å². The Morgan fingerprint density at radius 1 is 0.875 bits per heavy atom. The molecule has 0 saturated heterocycles. The van der Waals surface area contributed by atoms with E-state index in [0.717, 1.165) is 0 Å². The average molecular weight is 347 g/mol. The first-order valence-corrected chi connectivity index (χ1v) is 10.4. The van der Waals surface area contributed by atoms with E-state index in [1.54, 1.807) is 0 Å². The van der Waals surface area contributed by atoms with Crippen LogP contribution in [0.5, 0.6) is 0 Å². The molecule has 60 valence electrons. The predicted octanol–water partition coefficient (Wildman–Crippen LogP) is -1.84. The van der Waals surface area contributed by atoms with Crippen molar-refractivity contribution in [3.8, 4) is 0 Å². The average Bonchev–Trinajstić information content (AvgIpc) is 0.592. The number of hydrogen-bond donors (Lipinski definition) is 5. The van der Waals surface area contributed by atoms with Gasteiger partial charge in [0.1, 0.15) is 0 Å². The first-order valence-electron chi connectivity index (χ1n) is 1.03. The van der Waals surface area contributed by atoms with E-state index in [1.165, 1.54) is 0 Å². The summed E-state index contributed by atoms with van der Waals surface area (Å²) in [5.41, 5.74) is 0. The van der Waals surface area contributed by atoms with E-state index in [-0.39, 0.29) is 12.4 Å². The Hall–Kier alpha value is 1.07. The van der Waals surface area contributed by atoms with E-state index in [0.29, 0.717) is 0 Å². The summed E-state index contributed by atoms with van der Waals surface area (Å²) < 4.78 is 24.5. The Balaban J connectivity index is 0. The van der Waals surface area contributed by atoms with Gasteiger partial charge >= 0.3 is 44.6 Å². The van der Waals surface area contributed by atoms with Crippen molar-refractivity contribution >= 4 is 21.8 Å². The first kappa shape index (κ1) is 11.8. The van der Waals surface area contributed by atoms with E-state index >= 15 is 0 Å². The molecule has 0 aliphatic heterocycles. The van der Waals surface area contributed by atoms with Gasteiger partial charge in [0.05, 0.1) is 0 Å². The van der Waals surface area contributed by atoms with Crippen molar-refractivity contribution < 1.29 is 13.8 Å². The summed E-state index contributed by atoms with van der Waals surface area (Å²) >= 11 is -5.15. The van der Waals surface area contributed by atoms with Crippen LogP contribution in [0.15, 0.2) is 0 Å². The van der Waals surface area contributed by atoms with Crippen molar-refractivity contribution in [3.63, 3.8) is 0 Å². The van der Waals surface area contributed by atoms with Crippen LogP contribution in [0, 0.1) is 0 Å². The molecule has 8 heavy (non-hydrogen) atoms. The molecule has 0 amide bonds. The molecule has 8 heteroatoms. The molecule has 0 atom stereocenters. The molecule has 0 saturated carbocycles. The van der Waals surface area contributed by atoms with Gasteiger partial charge in [0.25, 0.3) is 0 Å². The summed E-state index contributed by atoms with van der Waals surface area (Å²) in [6.45, 7) is 0. The predicted molar refractivity (Wildman–Crippen MR) is 34.0 cm³/mol. The molecule has 5 nitrogen and oxygen atoms in total. The molecule has 0 unspecified atom stereocenters. The first-order chi connectivity index (χ1) is 2.45. The van der Waals surface area contributed by atoms with Crippen LogP contribution in [0.2, 0.25) is 0 Å². The molecular weight excluding hydrogens is 336 g/mol. The molecule has 0 bridgehead atoms. The van der Waals surface area contributed by atoms with Crippen molar-refractivity contribution in [1.29, 1.82) is 0 Å². The fourth-order valence-corrected chi connectivity index (χ4v) is 0. The molecule has 0 radical (unpaired) electrons. The quantitative estimate of drug-likeness (QED) is 0.351. The molecule has 0 aromatic carbocycles. The molecule has 0 aliphatic rings. The zero-order valence-corrected chi connectivity index (χ0v) is 7.83. The van der Waals surface area contributed by atoms with Crippen LogP contribution >= 0.6 is 21.8 Å². The normalized spacial score (nSPS) is 20.2. The number of halogens is 2. The molecule has 0 aromatic heterocycles. The van der Waals surface area contributed by atoms with Crippen LogP contribution < -0.4 is 21.5 Å². The van der Waals surface area contributed by atoms with Gasteiger partial charge in [-0.2, -0.15) is 0 Å². The number of hydrogen-bond acceptors (Lipinski definition) is 5. The summed E-state index contributed by atoms with van der Waals surface area (Å²) in [5, 5.41) is 0. The van der Waals surface area contributed by atoms with E-state index in [9.17, 15) is 0 Å². The minimum absolute atomic E-state index is 0. The monoisotopic (exact) mass is 346 g/mol.